The van der Waals surface area contributed by atoms with Crippen LogP contribution in [0.2, 0.25) is 0 Å². The third-order valence-electron chi connectivity index (χ3n) is 10.1. The first kappa shape index (κ1) is 35.4. The second kappa shape index (κ2) is 14.1. The number of Topliss-reactive ketones (excluding diaryl/α,β-unsaturated/α-hetero) is 2. The molecule has 0 unspecified atom stereocenters. The van der Waals surface area contributed by atoms with E-state index >= 15 is 0 Å². The molecule has 0 spiro atoms. The molecule has 1 amide bonds. The van der Waals surface area contributed by atoms with Crippen molar-refractivity contribution in [3.8, 4) is 5.75 Å². The number of rotatable bonds is 14. The summed E-state index contributed by atoms with van der Waals surface area (Å²) in [6, 6.07) is 0.838. The van der Waals surface area contributed by atoms with E-state index in [4.69, 9.17) is 5.73 Å². The lowest BCUT2D eigenvalue weighted by molar-refractivity contribution is -0.153. The number of hydrogen-bond donors (Lipinski definition) is 5. The lowest BCUT2D eigenvalue weighted by atomic mass is 9.57. The van der Waals surface area contributed by atoms with Crippen LogP contribution in [0.25, 0.3) is 5.76 Å². The first-order valence-electron chi connectivity index (χ1n) is 16.6. The number of aromatic hydroxyl groups is 1. The Morgan fingerprint density at radius 3 is 2.15 bits per heavy atom. The number of aliphatic hydroxyl groups excluding tert-OH is 2. The summed E-state index contributed by atoms with van der Waals surface area (Å²) in [6.07, 6.45) is 8.01. The standard InChI is InChI=1S/C35H52N4O7/c1-7-9-11-13-15-39(14-12-10-8-2)19-21-18-24(37(3)4)22-16-20-17-23-28(38(5)6)31(42)27(34(36)45)33(44)35(23,46)32(43)25(20)30(41)26(22)29(21)40/h18,20,23,28,40-41,44,46H,7-17,19H2,1-6H3,(H2,36,45)/t20-,23-,28-,35-/m0/s1. The molecule has 0 aromatic heterocycles. The summed E-state index contributed by atoms with van der Waals surface area (Å²) in [6.45, 7) is 6.54. The van der Waals surface area contributed by atoms with Gasteiger partial charge in [-0.15, -0.1) is 0 Å². The molecule has 11 nitrogen and oxygen atoms in total. The van der Waals surface area contributed by atoms with Crippen LogP contribution in [0.4, 0.5) is 5.69 Å². The third kappa shape index (κ3) is 6.16. The quantitative estimate of drug-likeness (QED) is 0.150. The van der Waals surface area contributed by atoms with Gasteiger partial charge in [-0.1, -0.05) is 46.0 Å². The molecule has 46 heavy (non-hydrogen) atoms. The molecule has 3 aliphatic rings. The number of ketones is 2. The van der Waals surface area contributed by atoms with Gasteiger partial charge in [-0.25, -0.2) is 0 Å². The Bertz CT molecular complexity index is 1430. The van der Waals surface area contributed by atoms with Gasteiger partial charge in [-0.05, 0) is 70.4 Å². The van der Waals surface area contributed by atoms with Gasteiger partial charge in [0.2, 0.25) is 5.78 Å². The summed E-state index contributed by atoms with van der Waals surface area (Å²) in [5.41, 5.74) is 4.05. The zero-order valence-electron chi connectivity index (χ0n) is 28.2. The lowest BCUT2D eigenvalue weighted by Crippen LogP contribution is -2.65. The highest BCUT2D eigenvalue weighted by Gasteiger charge is 2.64. The number of likely N-dealkylation sites (N-methyl/N-ethyl adjacent to an activating group) is 1. The summed E-state index contributed by atoms with van der Waals surface area (Å²) in [5.74, 6) is -6.40. The van der Waals surface area contributed by atoms with Gasteiger partial charge in [0.1, 0.15) is 22.8 Å². The van der Waals surface area contributed by atoms with Crippen molar-refractivity contribution >= 4 is 28.9 Å². The van der Waals surface area contributed by atoms with Crippen LogP contribution in [0.15, 0.2) is 23.0 Å². The number of carbonyl (C=O) groups excluding carboxylic acids is 3. The minimum absolute atomic E-state index is 0.0596. The second-order valence-electron chi connectivity index (χ2n) is 13.7. The van der Waals surface area contributed by atoms with Crippen LogP contribution in [0.3, 0.4) is 0 Å². The molecule has 6 N–H and O–H groups in total. The summed E-state index contributed by atoms with van der Waals surface area (Å²) in [7, 11) is 6.95. The summed E-state index contributed by atoms with van der Waals surface area (Å²) in [4.78, 5) is 45.6. The Kier molecular flexibility index (Phi) is 10.9. The highest BCUT2D eigenvalue weighted by atomic mass is 16.3. The van der Waals surface area contributed by atoms with Gasteiger partial charge in [0.05, 0.1) is 11.6 Å². The van der Waals surface area contributed by atoms with Crippen molar-refractivity contribution in [2.45, 2.75) is 89.8 Å². The molecule has 11 heteroatoms. The number of unbranched alkanes of at least 4 members (excludes halogenated alkanes) is 5. The van der Waals surface area contributed by atoms with Crippen molar-refractivity contribution in [2.24, 2.45) is 17.6 Å². The Morgan fingerprint density at radius 1 is 0.978 bits per heavy atom. The second-order valence-corrected chi connectivity index (χ2v) is 13.7. The van der Waals surface area contributed by atoms with E-state index in [0.717, 1.165) is 63.7 Å². The van der Waals surface area contributed by atoms with E-state index in [0.29, 0.717) is 17.7 Å². The predicted octanol–water partition coefficient (Wildman–Crippen LogP) is 3.60. The number of phenolic OH excluding ortho intramolecular Hbond substituents is 1. The molecule has 0 bridgehead atoms. The molecule has 3 aliphatic carbocycles. The van der Waals surface area contributed by atoms with E-state index < -0.39 is 58.0 Å². The maximum atomic E-state index is 14.3. The Hall–Kier alpha value is -3.41. The van der Waals surface area contributed by atoms with E-state index in [9.17, 15) is 34.8 Å². The summed E-state index contributed by atoms with van der Waals surface area (Å²) < 4.78 is 0. The largest absolute Gasteiger partial charge is 0.508 e. The smallest absolute Gasteiger partial charge is 0.255 e. The molecule has 0 heterocycles. The van der Waals surface area contributed by atoms with Crippen LogP contribution in [-0.4, -0.2) is 101 Å². The Balaban J connectivity index is 1.84. The molecular formula is C35H52N4O7. The molecule has 1 aromatic carbocycles. The van der Waals surface area contributed by atoms with E-state index in [1.54, 1.807) is 14.1 Å². The van der Waals surface area contributed by atoms with Crippen LogP contribution in [0.1, 0.15) is 81.9 Å². The van der Waals surface area contributed by atoms with Gasteiger partial charge >= 0.3 is 0 Å². The number of fused-ring (bicyclic) bond motifs is 3. The molecule has 1 aromatic rings. The van der Waals surface area contributed by atoms with Crippen molar-refractivity contribution < 1.29 is 34.8 Å². The number of hydrogen-bond acceptors (Lipinski definition) is 10. The normalized spacial score (nSPS) is 24.4. The molecule has 0 aliphatic heterocycles. The molecule has 1 saturated carbocycles. The zero-order chi connectivity index (χ0) is 34.1. The Labute approximate surface area is 272 Å². The van der Waals surface area contributed by atoms with Gasteiger partial charge in [-0.3, -0.25) is 24.2 Å². The monoisotopic (exact) mass is 640 g/mol. The number of nitrogens with two attached hydrogens (primary N) is 1. The predicted molar refractivity (Wildman–Crippen MR) is 178 cm³/mol. The van der Waals surface area contributed by atoms with Crippen LogP contribution < -0.4 is 10.6 Å². The van der Waals surface area contributed by atoms with E-state index in [1.165, 1.54) is 4.90 Å². The van der Waals surface area contributed by atoms with Crippen LogP contribution in [0.5, 0.6) is 5.75 Å². The van der Waals surface area contributed by atoms with Gasteiger partial charge in [0.15, 0.2) is 11.4 Å². The molecule has 4 rings (SSSR count). The molecule has 254 valence electrons. The Morgan fingerprint density at radius 2 is 1.59 bits per heavy atom. The minimum Gasteiger partial charge on any atom is -0.508 e. The van der Waals surface area contributed by atoms with Gasteiger partial charge in [-0.2, -0.15) is 0 Å². The van der Waals surface area contributed by atoms with Crippen molar-refractivity contribution in [2.75, 3.05) is 46.2 Å². The summed E-state index contributed by atoms with van der Waals surface area (Å²) >= 11 is 0. The van der Waals surface area contributed by atoms with Crippen LogP contribution in [-0.2, 0) is 27.3 Å². The molecule has 1 fully saturated rings. The fraction of sp³-hybridized carbons (Fsp3) is 0.629. The van der Waals surface area contributed by atoms with Crippen LogP contribution >= 0.6 is 0 Å². The highest BCUT2D eigenvalue weighted by Crippen LogP contribution is 2.54. The van der Waals surface area contributed by atoms with E-state index in [-0.39, 0.29) is 29.7 Å². The number of amides is 1. The van der Waals surface area contributed by atoms with E-state index in [2.05, 4.69) is 18.7 Å². The van der Waals surface area contributed by atoms with Crippen LogP contribution in [0, 0.1) is 11.8 Å². The molecule has 4 atom stereocenters. The fourth-order valence-electron chi connectivity index (χ4n) is 7.72. The number of primary amides is 1. The van der Waals surface area contributed by atoms with Gasteiger partial charge < -0.3 is 31.1 Å². The summed E-state index contributed by atoms with van der Waals surface area (Å²) in [5, 5.41) is 46.6. The number of aliphatic hydroxyl groups is 3. The number of phenols is 1. The van der Waals surface area contributed by atoms with Crippen molar-refractivity contribution in [1.82, 2.24) is 9.80 Å². The van der Waals surface area contributed by atoms with E-state index in [1.807, 2.05) is 25.1 Å². The molecule has 0 radical (unpaired) electrons. The maximum absolute atomic E-state index is 14.3. The molecule has 0 saturated heterocycles. The number of carbonyl (C=O) groups is 3. The van der Waals surface area contributed by atoms with Crippen molar-refractivity contribution in [3.05, 3.63) is 39.7 Å². The first-order chi connectivity index (χ1) is 21.7. The average molecular weight is 641 g/mol. The SMILES string of the molecule is CCCCCCN(CCCCC)Cc1cc(N(C)C)c2c(c1O)C(O)=C1C(=O)[C@]3(O)C(O)=C(C(N)=O)C(=O)[C@@H](N(C)C)[C@@H]3C[C@@H]1C2. The fourth-order valence-corrected chi connectivity index (χ4v) is 7.72. The lowest BCUT2D eigenvalue weighted by Gasteiger charge is -2.50. The van der Waals surface area contributed by atoms with Crippen molar-refractivity contribution in [1.29, 1.82) is 0 Å². The number of nitrogens with zero attached hydrogens (tertiary/aromatic N) is 3. The minimum atomic E-state index is -2.66. The average Bonchev–Trinajstić information content (AvgIpc) is 2.97. The number of benzene rings is 1. The maximum Gasteiger partial charge on any atom is 0.255 e. The number of anilines is 1. The topological polar surface area (TPSA) is 168 Å². The molecular weight excluding hydrogens is 588 g/mol. The third-order valence-corrected chi connectivity index (χ3v) is 10.1. The van der Waals surface area contributed by atoms with Gasteiger partial charge in [0, 0.05) is 43.4 Å². The van der Waals surface area contributed by atoms with Gasteiger partial charge in [0.25, 0.3) is 5.91 Å². The van der Waals surface area contributed by atoms with Crippen molar-refractivity contribution in [3.63, 3.8) is 0 Å². The highest BCUT2D eigenvalue weighted by molar-refractivity contribution is 6.24. The first-order valence-corrected chi connectivity index (χ1v) is 16.6. The zero-order valence-corrected chi connectivity index (χ0v) is 28.2.